The Bertz CT molecular complexity index is 699. The van der Waals surface area contributed by atoms with Gasteiger partial charge in [-0.2, -0.15) is 0 Å². The van der Waals surface area contributed by atoms with E-state index in [0.717, 1.165) is 0 Å². The van der Waals surface area contributed by atoms with Crippen LogP contribution in [0.15, 0.2) is 42.5 Å². The molecule has 5 heteroatoms. The van der Waals surface area contributed by atoms with Gasteiger partial charge in [0.05, 0.1) is 13.0 Å². The van der Waals surface area contributed by atoms with Crippen LogP contribution in [0.1, 0.15) is 28.4 Å². The number of hydrogen-bond acceptors (Lipinski definition) is 4. The maximum Gasteiger partial charge on any atom is 0.310 e. The number of ether oxygens (including phenoxy) is 1. The van der Waals surface area contributed by atoms with Crippen LogP contribution in [0.4, 0.5) is 5.69 Å². The van der Waals surface area contributed by atoms with Gasteiger partial charge in [0.25, 0.3) is 0 Å². The van der Waals surface area contributed by atoms with Crippen molar-refractivity contribution in [2.75, 3.05) is 12.3 Å². The largest absolute Gasteiger partial charge is 0.466 e. The van der Waals surface area contributed by atoms with Crippen molar-refractivity contribution in [1.82, 2.24) is 0 Å². The number of nitrogen functional groups attached to an aromatic ring is 1. The fourth-order valence-electron chi connectivity index (χ4n) is 2.12. The molecule has 0 amide bonds. The third kappa shape index (κ3) is 3.65. The number of esters is 1. The van der Waals surface area contributed by atoms with E-state index in [9.17, 15) is 9.59 Å². The molecule has 0 aliphatic rings. The summed E-state index contributed by atoms with van der Waals surface area (Å²) in [5, 5.41) is 0.354. The lowest BCUT2D eigenvalue weighted by molar-refractivity contribution is -0.142. The SMILES string of the molecule is CCOC(=O)Cc1cc(Cl)cc(C(=O)c2ccccc2)c1N. The lowest BCUT2D eigenvalue weighted by Gasteiger charge is -2.11. The van der Waals surface area contributed by atoms with Gasteiger partial charge in [0.15, 0.2) is 5.78 Å². The van der Waals surface area contributed by atoms with Gasteiger partial charge in [0.2, 0.25) is 0 Å². The second-order valence-electron chi connectivity index (χ2n) is 4.70. The molecule has 2 aromatic rings. The first-order chi connectivity index (χ1) is 10.5. The smallest absolute Gasteiger partial charge is 0.310 e. The Morgan fingerprint density at radius 3 is 2.50 bits per heavy atom. The molecule has 0 aromatic heterocycles. The molecule has 0 unspecified atom stereocenters. The number of anilines is 1. The molecule has 0 aliphatic heterocycles. The van der Waals surface area contributed by atoms with Gasteiger partial charge in [-0.25, -0.2) is 0 Å². The maximum absolute atomic E-state index is 12.5. The zero-order valence-corrected chi connectivity index (χ0v) is 12.9. The minimum Gasteiger partial charge on any atom is -0.466 e. The van der Waals surface area contributed by atoms with Crippen molar-refractivity contribution in [2.45, 2.75) is 13.3 Å². The Kier molecular flexibility index (Phi) is 5.17. The molecule has 2 N–H and O–H groups in total. The number of benzene rings is 2. The van der Waals surface area contributed by atoms with Gasteiger partial charge in [0.1, 0.15) is 0 Å². The van der Waals surface area contributed by atoms with Crippen LogP contribution < -0.4 is 5.73 Å². The quantitative estimate of drug-likeness (QED) is 0.522. The van der Waals surface area contributed by atoms with Crippen molar-refractivity contribution >= 4 is 29.0 Å². The number of hydrogen-bond donors (Lipinski definition) is 1. The molecule has 0 saturated carbocycles. The number of ketones is 1. The van der Waals surface area contributed by atoms with Gasteiger partial charge in [0, 0.05) is 21.8 Å². The molecule has 2 aromatic carbocycles. The number of nitrogens with two attached hydrogens (primary N) is 1. The van der Waals surface area contributed by atoms with Crippen LogP contribution >= 0.6 is 11.6 Å². The summed E-state index contributed by atoms with van der Waals surface area (Å²) in [5.41, 5.74) is 7.60. The summed E-state index contributed by atoms with van der Waals surface area (Å²) >= 11 is 6.05. The van der Waals surface area contributed by atoms with Gasteiger partial charge in [-0.3, -0.25) is 9.59 Å². The number of carbonyl (C=O) groups is 2. The van der Waals surface area contributed by atoms with E-state index >= 15 is 0 Å². The highest BCUT2D eigenvalue weighted by atomic mass is 35.5. The van der Waals surface area contributed by atoms with E-state index < -0.39 is 5.97 Å². The molecule has 22 heavy (non-hydrogen) atoms. The third-order valence-electron chi connectivity index (χ3n) is 3.15. The highest BCUT2D eigenvalue weighted by Gasteiger charge is 2.18. The van der Waals surface area contributed by atoms with Crippen LogP contribution in [0.25, 0.3) is 0 Å². The van der Waals surface area contributed by atoms with Crippen LogP contribution in [0, 0.1) is 0 Å². The van der Waals surface area contributed by atoms with Crippen molar-refractivity contribution in [3.05, 3.63) is 64.2 Å². The van der Waals surface area contributed by atoms with E-state index in [0.29, 0.717) is 16.1 Å². The van der Waals surface area contributed by atoms with Crippen molar-refractivity contribution in [1.29, 1.82) is 0 Å². The van der Waals surface area contributed by atoms with E-state index in [4.69, 9.17) is 22.1 Å². The summed E-state index contributed by atoms with van der Waals surface area (Å²) in [6.45, 7) is 2.01. The molecule has 0 spiro atoms. The molecule has 0 fully saturated rings. The standard InChI is InChI=1S/C17H16ClNO3/c1-2-22-15(20)9-12-8-13(18)10-14(16(12)19)17(21)11-6-4-3-5-7-11/h3-8,10H,2,9,19H2,1H3. The molecule has 4 nitrogen and oxygen atoms in total. The van der Waals surface area contributed by atoms with Crippen LogP contribution in [-0.2, 0) is 16.0 Å². The van der Waals surface area contributed by atoms with Crippen LogP contribution in [-0.4, -0.2) is 18.4 Å². The third-order valence-corrected chi connectivity index (χ3v) is 3.37. The average molecular weight is 318 g/mol. The van der Waals surface area contributed by atoms with E-state index in [1.165, 1.54) is 6.07 Å². The highest BCUT2D eigenvalue weighted by Crippen LogP contribution is 2.26. The fraction of sp³-hybridized carbons (Fsp3) is 0.176. The second kappa shape index (κ2) is 7.09. The lowest BCUT2D eigenvalue weighted by atomic mass is 9.98. The molecule has 0 aliphatic carbocycles. The van der Waals surface area contributed by atoms with Crippen LogP contribution in [0.5, 0.6) is 0 Å². The van der Waals surface area contributed by atoms with Gasteiger partial charge in [-0.1, -0.05) is 41.9 Å². The minimum atomic E-state index is -0.408. The summed E-state index contributed by atoms with van der Waals surface area (Å²) in [5.74, 6) is -0.639. The highest BCUT2D eigenvalue weighted by molar-refractivity contribution is 6.31. The molecule has 0 atom stereocenters. The normalized spacial score (nSPS) is 10.3. The summed E-state index contributed by atoms with van der Waals surface area (Å²) in [4.78, 5) is 24.1. The first-order valence-corrected chi connectivity index (χ1v) is 7.24. The topological polar surface area (TPSA) is 69.4 Å². The fourth-order valence-corrected chi connectivity index (χ4v) is 2.36. The predicted molar refractivity (Wildman–Crippen MR) is 86.1 cm³/mol. The van der Waals surface area contributed by atoms with Crippen molar-refractivity contribution in [2.24, 2.45) is 0 Å². The molecule has 0 heterocycles. The molecule has 0 bridgehead atoms. The number of halogens is 1. The molecular formula is C17H16ClNO3. The Morgan fingerprint density at radius 2 is 1.86 bits per heavy atom. The second-order valence-corrected chi connectivity index (χ2v) is 5.14. The number of carbonyl (C=O) groups excluding carboxylic acids is 2. The molecule has 114 valence electrons. The number of rotatable bonds is 5. The zero-order chi connectivity index (χ0) is 16.1. The van der Waals surface area contributed by atoms with Crippen molar-refractivity contribution < 1.29 is 14.3 Å². The van der Waals surface area contributed by atoms with E-state index in [-0.39, 0.29) is 30.1 Å². The maximum atomic E-state index is 12.5. The van der Waals surface area contributed by atoms with E-state index in [2.05, 4.69) is 0 Å². The summed E-state index contributed by atoms with van der Waals surface area (Å²) in [6, 6.07) is 11.9. The summed E-state index contributed by atoms with van der Waals surface area (Å²) in [6.07, 6.45) is -0.0185. The minimum absolute atomic E-state index is 0.0185. The van der Waals surface area contributed by atoms with E-state index in [1.807, 2.05) is 6.07 Å². The summed E-state index contributed by atoms with van der Waals surface area (Å²) in [7, 11) is 0. The Hall–Kier alpha value is -2.33. The van der Waals surface area contributed by atoms with Gasteiger partial charge in [-0.15, -0.1) is 0 Å². The van der Waals surface area contributed by atoms with Gasteiger partial charge < -0.3 is 10.5 Å². The predicted octanol–water partition coefficient (Wildman–Crippen LogP) is 3.26. The average Bonchev–Trinajstić information content (AvgIpc) is 2.51. The molecule has 0 radical (unpaired) electrons. The monoisotopic (exact) mass is 317 g/mol. The van der Waals surface area contributed by atoms with Crippen molar-refractivity contribution in [3.63, 3.8) is 0 Å². The van der Waals surface area contributed by atoms with Crippen LogP contribution in [0.3, 0.4) is 0 Å². The van der Waals surface area contributed by atoms with Crippen LogP contribution in [0.2, 0.25) is 5.02 Å². The first kappa shape index (κ1) is 16.0. The Balaban J connectivity index is 2.39. The van der Waals surface area contributed by atoms with Gasteiger partial charge >= 0.3 is 5.97 Å². The van der Waals surface area contributed by atoms with Gasteiger partial charge in [-0.05, 0) is 24.6 Å². The molecular weight excluding hydrogens is 302 g/mol. The molecule has 2 rings (SSSR count). The van der Waals surface area contributed by atoms with E-state index in [1.54, 1.807) is 37.3 Å². The Labute approximate surface area is 133 Å². The Morgan fingerprint density at radius 1 is 1.18 bits per heavy atom. The first-order valence-electron chi connectivity index (χ1n) is 6.86. The van der Waals surface area contributed by atoms with Crippen molar-refractivity contribution in [3.8, 4) is 0 Å². The molecule has 0 saturated heterocycles. The lowest BCUT2D eigenvalue weighted by Crippen LogP contribution is -2.12. The zero-order valence-electron chi connectivity index (χ0n) is 12.1. The summed E-state index contributed by atoms with van der Waals surface area (Å²) < 4.78 is 4.90.